The number of hydrogen-bond donors (Lipinski definition) is 19. The summed E-state index contributed by atoms with van der Waals surface area (Å²) in [6.45, 7) is 16.9. The second-order valence-electron chi connectivity index (χ2n) is 25.5. The fourth-order valence-electron chi connectivity index (χ4n) is 9.86. The van der Waals surface area contributed by atoms with Gasteiger partial charge >= 0.3 is 11.9 Å². The summed E-state index contributed by atoms with van der Waals surface area (Å²) in [6.07, 6.45) is -0.0294. The number of carbonyl (C=O) groups excluding carboxylic acids is 13. The molecule has 0 fully saturated rings. The average molecular weight is 1370 g/mol. The van der Waals surface area contributed by atoms with Crippen LogP contribution < -0.4 is 92.9 Å². The molecule has 34 nitrogen and oxygen atoms in total. The van der Waals surface area contributed by atoms with Crippen LogP contribution in [0.25, 0.3) is 0 Å². The van der Waals surface area contributed by atoms with E-state index in [9.17, 15) is 82.1 Å². The molecule has 13 amide bonds. The number of amides is 13. The molecule has 0 aromatic rings. The zero-order valence-electron chi connectivity index (χ0n) is 57.6. The molecule has 0 bridgehead atoms. The van der Waals surface area contributed by atoms with E-state index in [1.165, 1.54) is 0 Å². The van der Waals surface area contributed by atoms with Crippen molar-refractivity contribution in [1.29, 1.82) is 0 Å². The summed E-state index contributed by atoms with van der Waals surface area (Å²) in [6, 6.07) is -16.2. The van der Waals surface area contributed by atoms with Gasteiger partial charge in [0.2, 0.25) is 76.8 Å². The molecule has 0 aromatic carbocycles. The summed E-state index contributed by atoms with van der Waals surface area (Å²) < 4.78 is 0. The highest BCUT2D eigenvalue weighted by atomic mass is 16.4. The predicted octanol–water partition coefficient (Wildman–Crippen LogP) is -3.79. The van der Waals surface area contributed by atoms with Crippen LogP contribution in [0.2, 0.25) is 0 Å². The average Bonchev–Trinajstić information content (AvgIpc) is 0.976. The molecular weight excluding hydrogens is 1250 g/mol. The minimum absolute atomic E-state index is 0.0168. The highest BCUT2D eigenvalue weighted by molar-refractivity contribution is 6.00. The lowest BCUT2D eigenvalue weighted by molar-refractivity contribution is -0.144. The van der Waals surface area contributed by atoms with Gasteiger partial charge in [-0.15, -0.1) is 0 Å². The van der Waals surface area contributed by atoms with Crippen LogP contribution in [0.5, 0.6) is 0 Å². The van der Waals surface area contributed by atoms with Crippen LogP contribution in [0, 0.1) is 29.6 Å². The molecule has 0 saturated heterocycles. The van der Waals surface area contributed by atoms with Gasteiger partial charge in [0.05, 0.1) is 19.4 Å². The van der Waals surface area contributed by atoms with Crippen molar-refractivity contribution in [2.24, 2.45) is 64.0 Å². The van der Waals surface area contributed by atoms with Gasteiger partial charge in [0.25, 0.3) is 0 Å². The highest BCUT2D eigenvalue weighted by Gasteiger charge is 2.39. The zero-order chi connectivity index (χ0) is 73.5. The first-order chi connectivity index (χ1) is 45.0. The Balaban J connectivity index is 7.13. The van der Waals surface area contributed by atoms with Gasteiger partial charge in [0.15, 0.2) is 0 Å². The van der Waals surface area contributed by atoms with Crippen LogP contribution in [-0.4, -0.2) is 192 Å². The Labute approximate surface area is 562 Å². The summed E-state index contributed by atoms with van der Waals surface area (Å²) in [7, 11) is 0. The fourth-order valence-corrected chi connectivity index (χ4v) is 9.86. The first kappa shape index (κ1) is 87.9. The van der Waals surface area contributed by atoms with Gasteiger partial charge < -0.3 is 103 Å². The Morgan fingerprint density at radius 3 is 1.04 bits per heavy atom. The Bertz CT molecular complexity index is 2580. The third kappa shape index (κ3) is 34.5. The molecule has 34 heteroatoms. The molecule has 0 unspecified atom stereocenters. The van der Waals surface area contributed by atoms with E-state index >= 15 is 0 Å². The highest BCUT2D eigenvalue weighted by Crippen LogP contribution is 2.17. The second kappa shape index (κ2) is 46.9. The lowest BCUT2D eigenvalue weighted by Gasteiger charge is -2.31. The Morgan fingerprint density at radius 1 is 0.344 bits per heavy atom. The maximum Gasteiger partial charge on any atom is 0.326 e. The summed E-state index contributed by atoms with van der Waals surface area (Å²) in [4.78, 5) is 202. The van der Waals surface area contributed by atoms with Crippen LogP contribution in [0.15, 0.2) is 0 Å². The first-order valence-electron chi connectivity index (χ1n) is 33.2. The van der Waals surface area contributed by atoms with Gasteiger partial charge in [0.1, 0.15) is 66.5 Å². The van der Waals surface area contributed by atoms with Crippen LogP contribution >= 0.6 is 0 Å². The summed E-state index contributed by atoms with van der Waals surface area (Å²) >= 11 is 0. The van der Waals surface area contributed by atoms with Crippen LogP contribution in [-0.2, 0) is 71.9 Å². The van der Waals surface area contributed by atoms with Crippen molar-refractivity contribution >= 4 is 88.7 Å². The summed E-state index contributed by atoms with van der Waals surface area (Å²) in [5.41, 5.74) is 33.7. The van der Waals surface area contributed by atoms with E-state index in [1.54, 1.807) is 69.2 Å². The number of nitrogens with two attached hydrogens (primary N) is 6. The van der Waals surface area contributed by atoms with Gasteiger partial charge in [-0.3, -0.25) is 67.1 Å². The van der Waals surface area contributed by atoms with Gasteiger partial charge in [-0.25, -0.2) is 4.79 Å². The Morgan fingerprint density at radius 2 is 0.656 bits per heavy atom. The van der Waals surface area contributed by atoms with Crippen LogP contribution in [0.4, 0.5) is 0 Å². The van der Waals surface area contributed by atoms with Crippen molar-refractivity contribution < 1.29 is 82.1 Å². The number of carboxylic acids is 2. The van der Waals surface area contributed by atoms with Crippen molar-refractivity contribution in [3.8, 4) is 0 Å². The molecule has 0 saturated carbocycles. The summed E-state index contributed by atoms with van der Waals surface area (Å²) in [5.74, 6) is -17.4. The molecule has 96 heavy (non-hydrogen) atoms. The molecule has 25 N–H and O–H groups in total. The molecule has 0 spiro atoms. The van der Waals surface area contributed by atoms with E-state index < -0.39 is 199 Å². The zero-order valence-corrected chi connectivity index (χ0v) is 57.6. The van der Waals surface area contributed by atoms with Crippen LogP contribution in [0.3, 0.4) is 0 Å². The Kier molecular flexibility index (Phi) is 43.0. The third-order valence-corrected chi connectivity index (χ3v) is 15.8. The van der Waals surface area contributed by atoms with Gasteiger partial charge in [-0.1, -0.05) is 82.1 Å². The van der Waals surface area contributed by atoms with Crippen LogP contribution in [0.1, 0.15) is 178 Å². The van der Waals surface area contributed by atoms with Crippen molar-refractivity contribution in [2.45, 2.75) is 245 Å². The number of aliphatic carboxylic acids is 2. The number of nitrogens with one attached hydrogen (secondary N) is 11. The number of primary amides is 2. The van der Waals surface area contributed by atoms with Crippen molar-refractivity contribution in [1.82, 2.24) is 58.5 Å². The standard InChI is InChI=1S/C62H113N17O17/c1-11-35(9)50(79-61(94)51(36(10)12-2)78-55(88)40(22-23-45(67)80)72-59(92)49(34(7)8)77-54(87)37(19-13-16-24-63)69-47(82)31-66)60(93)75-42(29-46(68)81)57(90)71-38(20-14-17-25-64)52(85)70-39(21-15-18-26-65)53(86)73-41(27-32(3)4)56(89)74-43(30-48(83)84)58(91)76-44(62(95)96)28-33(5)6/h32-44,49-51H,11-31,63-66H2,1-10H3,(H2,67,80)(H2,68,81)(H,69,82)(H,70,85)(H,71,90)(H,72,92)(H,73,86)(H,74,89)(H,75,93)(H,76,91)(H,77,87)(H,78,88)(H,79,94)(H,83,84)(H,95,96)/t35-,36-,37-,38-,39-,40-,41-,42-,43-,44-,49-,50-,51-/m0/s1. The molecule has 548 valence electrons. The van der Waals surface area contributed by atoms with Crippen molar-refractivity contribution in [3.63, 3.8) is 0 Å². The van der Waals surface area contributed by atoms with E-state index in [2.05, 4.69) is 58.5 Å². The number of hydrogen-bond acceptors (Lipinski definition) is 19. The quantitative estimate of drug-likeness (QED) is 0.0260. The molecule has 0 heterocycles. The molecule has 13 atom stereocenters. The molecule has 0 rings (SSSR count). The lowest BCUT2D eigenvalue weighted by Crippen LogP contribution is -2.62. The van der Waals surface area contributed by atoms with Crippen molar-refractivity contribution in [3.05, 3.63) is 0 Å². The molecular formula is C62H113N17O17. The normalized spacial score (nSPS) is 15.3. The second-order valence-corrected chi connectivity index (χ2v) is 25.5. The number of rotatable bonds is 51. The molecule has 0 aliphatic rings. The van der Waals surface area contributed by atoms with E-state index in [0.29, 0.717) is 32.2 Å². The number of carbonyl (C=O) groups is 15. The number of unbranched alkanes of at least 4 members (excludes halogenated alkanes) is 3. The fraction of sp³-hybridized carbons (Fsp3) is 0.758. The first-order valence-corrected chi connectivity index (χ1v) is 33.2. The van der Waals surface area contributed by atoms with Crippen molar-refractivity contribution in [2.75, 3.05) is 26.2 Å². The Hall–Kier alpha value is -8.11. The van der Waals surface area contributed by atoms with E-state index in [1.807, 2.05) is 0 Å². The lowest BCUT2D eigenvalue weighted by atomic mass is 9.94. The van der Waals surface area contributed by atoms with E-state index in [4.69, 9.17) is 34.4 Å². The summed E-state index contributed by atoms with van der Waals surface area (Å²) in [5, 5.41) is 47.2. The molecule has 0 aliphatic carbocycles. The largest absolute Gasteiger partial charge is 0.481 e. The maximum atomic E-state index is 14.5. The molecule has 0 aliphatic heterocycles. The predicted molar refractivity (Wildman–Crippen MR) is 354 cm³/mol. The monoisotopic (exact) mass is 1370 g/mol. The number of carboxylic acid groups (broad SMARTS) is 2. The van der Waals surface area contributed by atoms with E-state index in [-0.39, 0.29) is 89.1 Å². The third-order valence-electron chi connectivity index (χ3n) is 15.8. The van der Waals surface area contributed by atoms with Gasteiger partial charge in [-0.2, -0.15) is 0 Å². The van der Waals surface area contributed by atoms with E-state index in [0.717, 1.165) is 0 Å². The maximum absolute atomic E-state index is 14.5. The topological polar surface area (TPSA) is 585 Å². The minimum Gasteiger partial charge on any atom is -0.481 e. The smallest absolute Gasteiger partial charge is 0.326 e. The minimum atomic E-state index is -1.80. The van der Waals surface area contributed by atoms with Gasteiger partial charge in [-0.05, 0) is 126 Å². The molecule has 0 radical (unpaired) electrons. The molecule has 0 aromatic heterocycles. The SMILES string of the molecule is CC[C@H](C)[C@H](NC(=O)[C@H](CCC(N)=O)NC(=O)[C@@H](NC(=O)[C@H](CCCCN)NC(=O)CN)C(C)C)C(=O)N[C@H](C(=O)N[C@@H](CC(N)=O)C(=O)N[C@@H](CCCCN)C(=O)N[C@@H](CCCCN)C(=O)N[C@@H](CC(C)C)C(=O)N[C@@H](CC(=O)O)C(=O)N[C@@H](CC(C)C)C(=O)O)[C@@H](C)CC. The van der Waals surface area contributed by atoms with Gasteiger partial charge in [0, 0.05) is 6.42 Å².